The van der Waals surface area contributed by atoms with Crippen molar-refractivity contribution in [2.24, 2.45) is 4.99 Å². The number of ether oxygens (including phenoxy) is 3. The first-order valence-corrected chi connectivity index (χ1v) is 15.5. The Morgan fingerprint density at radius 1 is 1.10 bits per heavy atom. The normalized spacial score (nSPS) is 14.9. The van der Waals surface area contributed by atoms with Gasteiger partial charge in [0.1, 0.15) is 6.61 Å². The molecule has 5 rings (SSSR count). The second-order valence-electron chi connectivity index (χ2n) is 9.14. The highest BCUT2D eigenvalue weighted by atomic mass is 127. The molecule has 1 aliphatic heterocycles. The molecule has 0 N–H and O–H groups in total. The maximum absolute atomic E-state index is 13.9. The van der Waals surface area contributed by atoms with Gasteiger partial charge in [0.25, 0.3) is 5.56 Å². The van der Waals surface area contributed by atoms with E-state index in [9.17, 15) is 9.59 Å². The highest BCUT2D eigenvalue weighted by Gasteiger charge is 2.33. The number of nitrogens with zero attached hydrogens (tertiary/aromatic N) is 2. The zero-order chi connectivity index (χ0) is 29.1. The van der Waals surface area contributed by atoms with Crippen LogP contribution in [0.4, 0.5) is 0 Å². The van der Waals surface area contributed by atoms with Crippen LogP contribution in [-0.2, 0) is 16.1 Å². The topological polar surface area (TPSA) is 79.1 Å². The first kappa shape index (κ1) is 29.3. The monoisotopic (exact) mass is 744 g/mol. The van der Waals surface area contributed by atoms with Gasteiger partial charge in [0.2, 0.25) is 0 Å². The van der Waals surface area contributed by atoms with E-state index in [1.54, 1.807) is 17.8 Å². The smallest absolute Gasteiger partial charge is 0.338 e. The molecule has 0 aliphatic carbocycles. The summed E-state index contributed by atoms with van der Waals surface area (Å²) in [4.78, 5) is 32.1. The highest BCUT2D eigenvalue weighted by molar-refractivity contribution is 14.1. The number of fused-ring (bicyclic) bond motifs is 1. The fourth-order valence-corrected chi connectivity index (χ4v) is 6.44. The summed E-state index contributed by atoms with van der Waals surface area (Å²) < 4.78 is 20.8. The van der Waals surface area contributed by atoms with Crippen LogP contribution < -0.4 is 24.4 Å². The second-order valence-corrected chi connectivity index (χ2v) is 12.2. The zero-order valence-corrected chi connectivity index (χ0v) is 27.1. The lowest BCUT2D eigenvalue weighted by molar-refractivity contribution is -0.136. The number of rotatable bonds is 8. The van der Waals surface area contributed by atoms with E-state index in [4.69, 9.17) is 19.2 Å². The SMILES string of the molecule is CCC1=C(C(=O)OC)[C@@H](c2ccccc2)n2c(s/c(=C\c3cc(OC)c(OCc4ccc(I)cc4)cc3Br)c2=O)=N1. The minimum atomic E-state index is -0.646. The van der Waals surface area contributed by atoms with Crippen molar-refractivity contribution >= 4 is 61.9 Å². The van der Waals surface area contributed by atoms with Crippen molar-refractivity contribution in [2.45, 2.75) is 26.0 Å². The summed E-state index contributed by atoms with van der Waals surface area (Å²) in [5.41, 5.74) is 3.32. The van der Waals surface area contributed by atoms with Crippen LogP contribution in [-0.4, -0.2) is 24.8 Å². The van der Waals surface area contributed by atoms with E-state index in [1.165, 1.54) is 18.4 Å². The number of thiazole rings is 1. The third-order valence-corrected chi connectivity index (χ3v) is 9.03. The van der Waals surface area contributed by atoms with Gasteiger partial charge in [-0.05, 0) is 76.0 Å². The number of esters is 1. The van der Waals surface area contributed by atoms with E-state index < -0.39 is 12.0 Å². The number of methoxy groups -OCH3 is 2. The van der Waals surface area contributed by atoms with Crippen molar-refractivity contribution in [1.29, 1.82) is 0 Å². The molecule has 0 amide bonds. The number of aromatic nitrogens is 1. The van der Waals surface area contributed by atoms with E-state index in [0.29, 0.717) is 45.1 Å². The predicted molar refractivity (Wildman–Crippen MR) is 171 cm³/mol. The third kappa shape index (κ3) is 6.05. The number of carbonyl (C=O) groups excluding carboxylic acids is 1. The molecule has 0 fully saturated rings. The minimum Gasteiger partial charge on any atom is -0.493 e. The van der Waals surface area contributed by atoms with Crippen molar-refractivity contribution in [3.05, 3.63) is 122 Å². The van der Waals surface area contributed by atoms with Crippen molar-refractivity contribution in [3.8, 4) is 11.5 Å². The molecule has 0 saturated carbocycles. The average molecular weight is 745 g/mol. The molecule has 0 spiro atoms. The molecule has 1 aromatic heterocycles. The van der Waals surface area contributed by atoms with E-state index in [-0.39, 0.29) is 5.56 Å². The number of hydrogen-bond donors (Lipinski definition) is 0. The molecule has 7 nitrogen and oxygen atoms in total. The summed E-state index contributed by atoms with van der Waals surface area (Å²) >= 11 is 7.19. The van der Waals surface area contributed by atoms with Crippen molar-refractivity contribution < 1.29 is 19.0 Å². The summed E-state index contributed by atoms with van der Waals surface area (Å²) in [6, 6.07) is 20.6. The molecule has 2 heterocycles. The molecule has 1 atom stereocenters. The molecule has 0 radical (unpaired) electrons. The van der Waals surface area contributed by atoms with E-state index >= 15 is 0 Å². The van der Waals surface area contributed by atoms with Crippen molar-refractivity contribution in [3.63, 3.8) is 0 Å². The van der Waals surface area contributed by atoms with Gasteiger partial charge in [0.05, 0.1) is 36.1 Å². The molecule has 0 unspecified atom stereocenters. The number of allylic oxidation sites excluding steroid dienone is 1. The van der Waals surface area contributed by atoms with Crippen molar-refractivity contribution in [2.75, 3.05) is 14.2 Å². The van der Waals surface area contributed by atoms with E-state index in [2.05, 4.69) is 38.5 Å². The van der Waals surface area contributed by atoms with Gasteiger partial charge >= 0.3 is 5.97 Å². The fourth-order valence-electron chi connectivity index (χ4n) is 4.63. The van der Waals surface area contributed by atoms with Crippen LogP contribution in [0.3, 0.4) is 0 Å². The largest absolute Gasteiger partial charge is 0.493 e. The molecule has 210 valence electrons. The fraction of sp³-hybridized carbons (Fsp3) is 0.194. The second kappa shape index (κ2) is 12.7. The third-order valence-electron chi connectivity index (χ3n) is 6.64. The van der Waals surface area contributed by atoms with E-state index in [0.717, 1.165) is 24.7 Å². The van der Waals surface area contributed by atoms with Gasteiger partial charge < -0.3 is 14.2 Å². The quantitative estimate of drug-likeness (QED) is 0.170. The molecule has 41 heavy (non-hydrogen) atoms. The lowest BCUT2D eigenvalue weighted by atomic mass is 9.95. The molecule has 3 aromatic carbocycles. The van der Waals surface area contributed by atoms with Gasteiger partial charge in [-0.2, -0.15) is 0 Å². The molecular formula is C31H26BrIN2O5S. The number of halogens is 2. The van der Waals surface area contributed by atoms with Gasteiger partial charge in [0.15, 0.2) is 16.3 Å². The molecule has 1 aliphatic rings. The molecular weight excluding hydrogens is 719 g/mol. The molecule has 4 aromatic rings. The van der Waals surface area contributed by atoms with Gasteiger partial charge in [0, 0.05) is 8.04 Å². The van der Waals surface area contributed by atoms with Gasteiger partial charge in [-0.15, -0.1) is 0 Å². The van der Waals surface area contributed by atoms with Crippen molar-refractivity contribution in [1.82, 2.24) is 4.57 Å². The molecule has 0 saturated heterocycles. The first-order valence-electron chi connectivity index (χ1n) is 12.8. The molecule has 10 heteroatoms. The summed E-state index contributed by atoms with van der Waals surface area (Å²) in [6.07, 6.45) is 2.32. The Labute approximate surface area is 263 Å². The summed E-state index contributed by atoms with van der Waals surface area (Å²) in [6.45, 7) is 2.32. The van der Waals surface area contributed by atoms with Gasteiger partial charge in [-0.3, -0.25) is 9.36 Å². The Balaban J connectivity index is 1.58. The van der Waals surface area contributed by atoms with Crippen LogP contribution in [0.25, 0.3) is 6.08 Å². The Morgan fingerprint density at radius 2 is 1.83 bits per heavy atom. The standard InChI is InChI=1S/C31H26BrIN2O5S/c1-4-23-27(30(37)39-3)28(19-8-6-5-7-9-19)35-29(36)26(41-31(35)34-23)15-20-14-24(38-2)25(16-22(20)32)40-17-18-10-12-21(33)13-11-18/h5-16,28H,4,17H2,1-3H3/b26-15-/t28-/m1/s1. The lowest BCUT2D eigenvalue weighted by Gasteiger charge is -2.25. The first-order chi connectivity index (χ1) is 19.8. The van der Waals surface area contributed by atoms with Crippen LogP contribution in [0.15, 0.2) is 92.3 Å². The maximum atomic E-state index is 13.9. The zero-order valence-electron chi connectivity index (χ0n) is 22.5. The minimum absolute atomic E-state index is 0.246. The predicted octanol–water partition coefficient (Wildman–Crippen LogP) is 5.75. The average Bonchev–Trinajstić information content (AvgIpc) is 3.31. The number of carbonyl (C=O) groups is 1. The van der Waals surface area contributed by atoms with Crippen LogP contribution in [0.1, 0.15) is 36.1 Å². The Hall–Kier alpha value is -3.22. The Morgan fingerprint density at radius 3 is 2.49 bits per heavy atom. The number of hydrogen-bond acceptors (Lipinski definition) is 7. The van der Waals surface area contributed by atoms with Crippen LogP contribution >= 0.6 is 49.9 Å². The summed E-state index contributed by atoms with van der Waals surface area (Å²) in [5, 5.41) is 0. The maximum Gasteiger partial charge on any atom is 0.338 e. The van der Waals surface area contributed by atoms with E-state index in [1.807, 2.05) is 73.7 Å². The van der Waals surface area contributed by atoms with Gasteiger partial charge in [-0.25, -0.2) is 9.79 Å². The highest BCUT2D eigenvalue weighted by Crippen LogP contribution is 2.35. The van der Waals surface area contributed by atoms with Crippen LogP contribution in [0.2, 0.25) is 0 Å². The lowest BCUT2D eigenvalue weighted by Crippen LogP contribution is -2.40. The number of benzene rings is 3. The Bertz CT molecular complexity index is 1810. The summed E-state index contributed by atoms with van der Waals surface area (Å²) in [7, 11) is 2.92. The summed E-state index contributed by atoms with van der Waals surface area (Å²) in [5.74, 6) is 0.624. The van der Waals surface area contributed by atoms with Crippen LogP contribution in [0, 0.1) is 3.57 Å². The molecule has 0 bridgehead atoms. The van der Waals surface area contributed by atoms with Crippen LogP contribution in [0.5, 0.6) is 11.5 Å². The van der Waals surface area contributed by atoms with Gasteiger partial charge in [-0.1, -0.05) is 76.7 Å². The Kier molecular flexibility index (Phi) is 9.10.